The van der Waals surface area contributed by atoms with Crippen molar-refractivity contribution >= 4 is 5.91 Å². The van der Waals surface area contributed by atoms with Crippen LogP contribution in [0.2, 0.25) is 0 Å². The van der Waals surface area contributed by atoms with Crippen LogP contribution in [0, 0.1) is 11.8 Å². The first kappa shape index (κ1) is 19.9. The third-order valence-electron chi connectivity index (χ3n) is 6.91. The molecule has 1 aromatic carbocycles. The van der Waals surface area contributed by atoms with E-state index in [2.05, 4.69) is 30.9 Å². The van der Waals surface area contributed by atoms with Crippen LogP contribution in [-0.2, 0) is 15.9 Å². The van der Waals surface area contributed by atoms with Gasteiger partial charge in [0.25, 0.3) is 5.91 Å². The molecule has 3 fully saturated rings. The van der Waals surface area contributed by atoms with Crippen LogP contribution in [0.3, 0.4) is 0 Å². The first-order valence-electron chi connectivity index (χ1n) is 11.1. The molecular weight excluding hydrogens is 350 g/mol. The first-order chi connectivity index (χ1) is 13.5. The Hall–Kier alpha value is -1.39. The second-order valence-electron chi connectivity index (χ2n) is 9.50. The highest BCUT2D eigenvalue weighted by atomic mass is 16.5. The number of ether oxygens (including phenoxy) is 2. The van der Waals surface area contributed by atoms with Crippen molar-refractivity contribution in [3.8, 4) is 0 Å². The van der Waals surface area contributed by atoms with Crippen LogP contribution in [0.15, 0.2) is 24.3 Å². The predicted octanol–water partition coefficient (Wildman–Crippen LogP) is 4.46. The quantitative estimate of drug-likeness (QED) is 0.695. The summed E-state index contributed by atoms with van der Waals surface area (Å²) in [5.41, 5.74) is 1.90. The number of rotatable bonds is 7. The number of benzene rings is 1. The van der Waals surface area contributed by atoms with Crippen molar-refractivity contribution < 1.29 is 14.3 Å². The third-order valence-corrected chi connectivity index (χ3v) is 6.91. The number of likely N-dealkylation sites (tertiary alicyclic amines) is 1. The Bertz CT molecular complexity index is 682. The second-order valence-corrected chi connectivity index (χ2v) is 9.50. The monoisotopic (exact) mass is 385 g/mol. The molecule has 0 unspecified atom stereocenters. The molecule has 1 aromatic rings. The standard InChI is InChI=1S/C24H35NO3/c1-17(2)14-18-6-8-20(9-7-18)23(26)25-13-12-24(27-3)11-10-21(15-22(24)25)28-16-19-4-5-19/h6-9,17,19,21-22H,4-5,10-16H2,1-3H3/t21-,22-,24+/m0/s1. The van der Waals surface area contributed by atoms with Gasteiger partial charge in [0.15, 0.2) is 0 Å². The Morgan fingerprint density at radius 2 is 1.93 bits per heavy atom. The summed E-state index contributed by atoms with van der Waals surface area (Å²) in [6, 6.07) is 8.33. The molecule has 4 rings (SSSR count). The molecule has 154 valence electrons. The van der Waals surface area contributed by atoms with Crippen LogP contribution in [-0.4, -0.2) is 48.8 Å². The number of carbonyl (C=O) groups excluding carboxylic acids is 1. The van der Waals surface area contributed by atoms with Gasteiger partial charge < -0.3 is 14.4 Å². The van der Waals surface area contributed by atoms with Gasteiger partial charge in [0.2, 0.25) is 0 Å². The molecule has 1 heterocycles. The van der Waals surface area contributed by atoms with E-state index in [0.717, 1.165) is 56.7 Å². The SMILES string of the molecule is CO[C@@]12CC[C@H](OCC3CC3)C[C@@H]1N(C(=O)c1ccc(CC(C)C)cc1)CC2. The average molecular weight is 386 g/mol. The molecule has 3 atom stereocenters. The molecule has 4 nitrogen and oxygen atoms in total. The van der Waals surface area contributed by atoms with Gasteiger partial charge in [-0.25, -0.2) is 0 Å². The van der Waals surface area contributed by atoms with Gasteiger partial charge in [-0.3, -0.25) is 4.79 Å². The van der Waals surface area contributed by atoms with Crippen LogP contribution >= 0.6 is 0 Å². The summed E-state index contributed by atoms with van der Waals surface area (Å²) in [7, 11) is 1.81. The summed E-state index contributed by atoms with van der Waals surface area (Å²) < 4.78 is 12.2. The molecule has 0 bridgehead atoms. The zero-order valence-electron chi connectivity index (χ0n) is 17.7. The second kappa shape index (κ2) is 8.16. The number of amides is 1. The molecular formula is C24H35NO3. The van der Waals surface area contributed by atoms with Crippen molar-refractivity contribution in [2.45, 2.75) is 76.5 Å². The molecule has 0 radical (unpaired) electrons. The fourth-order valence-electron chi connectivity index (χ4n) is 5.03. The Labute approximate surface area is 169 Å². The Morgan fingerprint density at radius 1 is 1.18 bits per heavy atom. The Balaban J connectivity index is 1.45. The summed E-state index contributed by atoms with van der Waals surface area (Å²) >= 11 is 0. The third kappa shape index (κ3) is 4.13. The van der Waals surface area contributed by atoms with Gasteiger partial charge in [0.05, 0.1) is 17.7 Å². The first-order valence-corrected chi connectivity index (χ1v) is 11.1. The highest BCUT2D eigenvalue weighted by molar-refractivity contribution is 5.94. The van der Waals surface area contributed by atoms with Gasteiger partial charge in [-0.05, 0) is 74.5 Å². The highest BCUT2D eigenvalue weighted by Gasteiger charge is 2.52. The number of fused-ring (bicyclic) bond motifs is 1. The maximum atomic E-state index is 13.3. The van der Waals surface area contributed by atoms with E-state index in [0.29, 0.717) is 5.92 Å². The molecule has 0 aromatic heterocycles. The number of carbonyl (C=O) groups is 1. The van der Waals surface area contributed by atoms with Crippen molar-refractivity contribution in [3.63, 3.8) is 0 Å². The normalized spacial score (nSPS) is 29.9. The molecule has 1 aliphatic heterocycles. The van der Waals surface area contributed by atoms with E-state index in [9.17, 15) is 4.79 Å². The van der Waals surface area contributed by atoms with Crippen LogP contribution in [0.5, 0.6) is 0 Å². The molecule has 1 saturated heterocycles. The van der Waals surface area contributed by atoms with Crippen molar-refractivity contribution in [1.29, 1.82) is 0 Å². The number of hydrogen-bond donors (Lipinski definition) is 0. The Kier molecular flexibility index (Phi) is 5.80. The molecule has 2 aliphatic carbocycles. The van der Waals surface area contributed by atoms with Crippen molar-refractivity contribution in [3.05, 3.63) is 35.4 Å². The largest absolute Gasteiger partial charge is 0.378 e. The fraction of sp³-hybridized carbons (Fsp3) is 0.708. The van der Waals surface area contributed by atoms with Crippen LogP contribution < -0.4 is 0 Å². The lowest BCUT2D eigenvalue weighted by atomic mass is 9.79. The van der Waals surface area contributed by atoms with E-state index in [1.165, 1.54) is 18.4 Å². The minimum absolute atomic E-state index is 0.123. The minimum Gasteiger partial charge on any atom is -0.378 e. The van der Waals surface area contributed by atoms with E-state index in [1.54, 1.807) is 0 Å². The van der Waals surface area contributed by atoms with Gasteiger partial charge >= 0.3 is 0 Å². The van der Waals surface area contributed by atoms with Crippen molar-refractivity contribution in [1.82, 2.24) is 4.90 Å². The molecule has 3 aliphatic rings. The molecule has 0 spiro atoms. The van der Waals surface area contributed by atoms with Gasteiger partial charge in [0.1, 0.15) is 0 Å². The number of hydrogen-bond acceptors (Lipinski definition) is 3. The van der Waals surface area contributed by atoms with Crippen LogP contribution in [0.25, 0.3) is 0 Å². The Morgan fingerprint density at radius 3 is 2.57 bits per heavy atom. The van der Waals surface area contributed by atoms with E-state index in [1.807, 2.05) is 19.2 Å². The average Bonchev–Trinajstić information content (AvgIpc) is 3.45. The molecule has 1 amide bonds. The van der Waals surface area contributed by atoms with E-state index in [4.69, 9.17) is 9.47 Å². The molecule has 28 heavy (non-hydrogen) atoms. The topological polar surface area (TPSA) is 38.8 Å². The summed E-state index contributed by atoms with van der Waals surface area (Å²) in [6.45, 7) is 6.11. The lowest BCUT2D eigenvalue weighted by Gasteiger charge is -2.43. The summed E-state index contributed by atoms with van der Waals surface area (Å²) in [5, 5.41) is 0. The number of methoxy groups -OCH3 is 1. The van der Waals surface area contributed by atoms with Crippen LogP contribution in [0.1, 0.15) is 68.3 Å². The van der Waals surface area contributed by atoms with Gasteiger partial charge in [-0.2, -0.15) is 0 Å². The van der Waals surface area contributed by atoms with E-state index >= 15 is 0 Å². The zero-order chi connectivity index (χ0) is 19.7. The van der Waals surface area contributed by atoms with Gasteiger partial charge in [0, 0.05) is 25.8 Å². The van der Waals surface area contributed by atoms with E-state index in [-0.39, 0.29) is 23.7 Å². The highest BCUT2D eigenvalue weighted by Crippen LogP contribution is 2.44. The summed E-state index contributed by atoms with van der Waals surface area (Å²) in [4.78, 5) is 15.4. The smallest absolute Gasteiger partial charge is 0.254 e. The van der Waals surface area contributed by atoms with Gasteiger partial charge in [-0.1, -0.05) is 26.0 Å². The van der Waals surface area contributed by atoms with Crippen molar-refractivity contribution in [2.75, 3.05) is 20.3 Å². The predicted molar refractivity (Wildman–Crippen MR) is 110 cm³/mol. The molecule has 2 saturated carbocycles. The fourth-order valence-corrected chi connectivity index (χ4v) is 5.03. The molecule has 4 heteroatoms. The van der Waals surface area contributed by atoms with E-state index < -0.39 is 0 Å². The van der Waals surface area contributed by atoms with Crippen LogP contribution in [0.4, 0.5) is 0 Å². The van der Waals surface area contributed by atoms with Crippen molar-refractivity contribution in [2.24, 2.45) is 11.8 Å². The van der Waals surface area contributed by atoms with Gasteiger partial charge in [-0.15, -0.1) is 0 Å². The minimum atomic E-state index is -0.188. The summed E-state index contributed by atoms with van der Waals surface area (Å²) in [5.74, 6) is 1.54. The lowest BCUT2D eigenvalue weighted by Crippen LogP contribution is -2.53. The maximum absolute atomic E-state index is 13.3. The molecule has 0 N–H and O–H groups in total. The summed E-state index contributed by atoms with van der Waals surface area (Å²) in [6.07, 6.45) is 7.80. The zero-order valence-corrected chi connectivity index (χ0v) is 17.7. The maximum Gasteiger partial charge on any atom is 0.254 e. The number of nitrogens with zero attached hydrogens (tertiary/aromatic N) is 1. The lowest BCUT2D eigenvalue weighted by molar-refractivity contribution is -0.0977.